The fraction of sp³-hybridized carbons (Fsp3) is 0.273. The molecule has 1 heterocycles. The van der Waals surface area contributed by atoms with Crippen molar-refractivity contribution in [2.75, 3.05) is 0 Å². The first kappa shape index (κ1) is 8.94. The lowest BCUT2D eigenvalue weighted by Gasteiger charge is -1.98. The van der Waals surface area contributed by atoms with Gasteiger partial charge in [0.1, 0.15) is 5.69 Å². The summed E-state index contributed by atoms with van der Waals surface area (Å²) in [6.07, 6.45) is 3.74. The summed E-state index contributed by atoms with van der Waals surface area (Å²) in [5.74, 6) is 0. The Labute approximate surface area is 83.6 Å². The van der Waals surface area contributed by atoms with Crippen LogP contribution in [0.25, 0.3) is 5.69 Å². The standard InChI is InChI=1S/C11H14N3/c1-9-4-10(2)6-11(5-9)14-8-13(3)7-12-14/h4-8H,1-3H3/q+1. The average Bonchev–Trinajstić information content (AvgIpc) is 2.50. The van der Waals surface area contributed by atoms with Crippen molar-refractivity contribution in [3.8, 4) is 5.69 Å². The first-order chi connectivity index (χ1) is 6.65. The van der Waals surface area contributed by atoms with Gasteiger partial charge in [0.15, 0.2) is 0 Å². The first-order valence-corrected chi connectivity index (χ1v) is 4.64. The number of aryl methyl sites for hydroxylation is 3. The molecule has 14 heavy (non-hydrogen) atoms. The summed E-state index contributed by atoms with van der Waals surface area (Å²) in [6.45, 7) is 4.19. The highest BCUT2D eigenvalue weighted by atomic mass is 15.3. The van der Waals surface area contributed by atoms with E-state index in [-0.39, 0.29) is 0 Å². The van der Waals surface area contributed by atoms with E-state index in [1.165, 1.54) is 11.1 Å². The molecular weight excluding hydrogens is 174 g/mol. The van der Waals surface area contributed by atoms with E-state index in [1.807, 2.05) is 22.6 Å². The highest BCUT2D eigenvalue weighted by Crippen LogP contribution is 2.11. The van der Waals surface area contributed by atoms with Gasteiger partial charge in [-0.2, -0.15) is 0 Å². The fourth-order valence-electron chi connectivity index (χ4n) is 1.59. The third kappa shape index (κ3) is 1.66. The molecular formula is C11H14N3+. The molecule has 0 atom stereocenters. The number of aromatic nitrogens is 3. The first-order valence-electron chi connectivity index (χ1n) is 4.64. The van der Waals surface area contributed by atoms with Crippen molar-refractivity contribution >= 4 is 0 Å². The molecule has 0 aliphatic rings. The number of hydrogen-bond acceptors (Lipinski definition) is 1. The van der Waals surface area contributed by atoms with E-state index in [0.717, 1.165) is 5.69 Å². The Morgan fingerprint density at radius 3 is 2.29 bits per heavy atom. The molecule has 0 radical (unpaired) electrons. The van der Waals surface area contributed by atoms with Gasteiger partial charge < -0.3 is 0 Å². The molecule has 0 aliphatic carbocycles. The van der Waals surface area contributed by atoms with Gasteiger partial charge in [-0.25, -0.2) is 4.57 Å². The lowest BCUT2D eigenvalue weighted by Crippen LogP contribution is -2.23. The Balaban J connectivity index is 2.51. The number of benzene rings is 1. The van der Waals surface area contributed by atoms with Crippen LogP contribution < -0.4 is 4.57 Å². The van der Waals surface area contributed by atoms with Crippen molar-refractivity contribution in [2.24, 2.45) is 7.05 Å². The van der Waals surface area contributed by atoms with Gasteiger partial charge in [0, 0.05) is 5.10 Å². The summed E-state index contributed by atoms with van der Waals surface area (Å²) in [6, 6.07) is 6.41. The van der Waals surface area contributed by atoms with Crippen LogP contribution in [0.15, 0.2) is 30.9 Å². The van der Waals surface area contributed by atoms with Crippen molar-refractivity contribution in [1.29, 1.82) is 0 Å². The molecule has 0 saturated heterocycles. The fourth-order valence-corrected chi connectivity index (χ4v) is 1.59. The smallest absolute Gasteiger partial charge is 0.240 e. The summed E-state index contributed by atoms with van der Waals surface area (Å²) in [5.41, 5.74) is 3.64. The maximum Gasteiger partial charge on any atom is 0.265 e. The van der Waals surface area contributed by atoms with Gasteiger partial charge in [0.05, 0.1) is 7.05 Å². The average molecular weight is 188 g/mol. The molecule has 0 aliphatic heterocycles. The van der Waals surface area contributed by atoms with Crippen LogP contribution in [0.1, 0.15) is 11.1 Å². The van der Waals surface area contributed by atoms with Gasteiger partial charge in [0.2, 0.25) is 6.33 Å². The normalized spacial score (nSPS) is 10.5. The predicted molar refractivity (Wildman–Crippen MR) is 54.2 cm³/mol. The molecule has 1 aromatic carbocycles. The third-order valence-electron chi connectivity index (χ3n) is 2.12. The van der Waals surface area contributed by atoms with Gasteiger partial charge in [-0.3, -0.25) is 0 Å². The Kier molecular flexibility index (Phi) is 2.08. The summed E-state index contributed by atoms with van der Waals surface area (Å²) >= 11 is 0. The minimum absolute atomic E-state index is 1.11. The van der Waals surface area contributed by atoms with E-state index in [4.69, 9.17) is 0 Å². The van der Waals surface area contributed by atoms with Gasteiger partial charge in [-0.05, 0) is 37.1 Å². The van der Waals surface area contributed by atoms with Crippen molar-refractivity contribution < 1.29 is 4.57 Å². The topological polar surface area (TPSA) is 21.7 Å². The van der Waals surface area contributed by atoms with Gasteiger partial charge in [-0.1, -0.05) is 10.7 Å². The van der Waals surface area contributed by atoms with Crippen LogP contribution in [0.5, 0.6) is 0 Å². The van der Waals surface area contributed by atoms with Gasteiger partial charge in [0.25, 0.3) is 6.33 Å². The molecule has 0 N–H and O–H groups in total. The summed E-state index contributed by atoms with van der Waals surface area (Å²) in [4.78, 5) is 0. The van der Waals surface area contributed by atoms with Crippen LogP contribution >= 0.6 is 0 Å². The summed E-state index contributed by atoms with van der Waals surface area (Å²) in [7, 11) is 1.96. The van der Waals surface area contributed by atoms with Crippen molar-refractivity contribution in [3.63, 3.8) is 0 Å². The van der Waals surface area contributed by atoms with E-state index in [2.05, 4.69) is 37.1 Å². The van der Waals surface area contributed by atoms with E-state index in [0.29, 0.717) is 0 Å². The number of hydrogen-bond donors (Lipinski definition) is 0. The van der Waals surface area contributed by atoms with Gasteiger partial charge >= 0.3 is 0 Å². The molecule has 0 spiro atoms. The van der Waals surface area contributed by atoms with Crippen LogP contribution in [0.2, 0.25) is 0 Å². The zero-order valence-electron chi connectivity index (χ0n) is 8.73. The second kappa shape index (κ2) is 3.25. The minimum Gasteiger partial charge on any atom is -0.240 e. The van der Waals surface area contributed by atoms with Crippen LogP contribution in [-0.4, -0.2) is 9.78 Å². The summed E-state index contributed by atoms with van der Waals surface area (Å²) < 4.78 is 3.80. The minimum atomic E-state index is 1.11. The molecule has 72 valence electrons. The van der Waals surface area contributed by atoms with Crippen molar-refractivity contribution in [2.45, 2.75) is 13.8 Å². The zero-order valence-corrected chi connectivity index (χ0v) is 8.73. The molecule has 0 fully saturated rings. The van der Waals surface area contributed by atoms with Gasteiger partial charge in [-0.15, -0.1) is 0 Å². The molecule has 3 heteroatoms. The molecule has 2 rings (SSSR count). The second-order valence-corrected chi connectivity index (χ2v) is 3.70. The highest BCUT2D eigenvalue weighted by molar-refractivity contribution is 5.37. The zero-order chi connectivity index (χ0) is 10.1. The van der Waals surface area contributed by atoms with Crippen molar-refractivity contribution in [3.05, 3.63) is 42.0 Å². The van der Waals surface area contributed by atoms with Crippen LogP contribution in [0, 0.1) is 13.8 Å². The molecule has 2 aromatic rings. The largest absolute Gasteiger partial charge is 0.265 e. The summed E-state index contributed by atoms with van der Waals surface area (Å²) in [5, 5.41) is 4.25. The Bertz CT molecular complexity index is 437. The molecule has 0 bridgehead atoms. The number of rotatable bonds is 1. The molecule has 0 unspecified atom stereocenters. The molecule has 3 nitrogen and oxygen atoms in total. The molecule has 0 amide bonds. The van der Waals surface area contributed by atoms with Crippen molar-refractivity contribution in [1.82, 2.24) is 9.78 Å². The monoisotopic (exact) mass is 188 g/mol. The third-order valence-corrected chi connectivity index (χ3v) is 2.12. The molecule has 1 aromatic heterocycles. The number of nitrogens with zero attached hydrogens (tertiary/aromatic N) is 3. The maximum atomic E-state index is 4.25. The second-order valence-electron chi connectivity index (χ2n) is 3.70. The van der Waals surface area contributed by atoms with E-state index < -0.39 is 0 Å². The lowest BCUT2D eigenvalue weighted by molar-refractivity contribution is -0.672. The SMILES string of the molecule is Cc1cc(C)cc(-n2c[n+](C)cn2)c1. The van der Waals surface area contributed by atoms with Crippen LogP contribution in [-0.2, 0) is 7.05 Å². The Morgan fingerprint density at radius 2 is 1.79 bits per heavy atom. The van der Waals surface area contributed by atoms with E-state index >= 15 is 0 Å². The predicted octanol–water partition coefficient (Wildman–Crippen LogP) is 1.31. The van der Waals surface area contributed by atoms with E-state index in [9.17, 15) is 0 Å². The Morgan fingerprint density at radius 1 is 1.14 bits per heavy atom. The quantitative estimate of drug-likeness (QED) is 0.618. The lowest BCUT2D eigenvalue weighted by atomic mass is 10.1. The van der Waals surface area contributed by atoms with Crippen LogP contribution in [0.4, 0.5) is 0 Å². The maximum absolute atomic E-state index is 4.25. The van der Waals surface area contributed by atoms with E-state index in [1.54, 1.807) is 6.33 Å². The Hall–Kier alpha value is -1.64. The highest BCUT2D eigenvalue weighted by Gasteiger charge is 2.06. The van der Waals surface area contributed by atoms with Crippen LogP contribution in [0.3, 0.4) is 0 Å². The molecule has 0 saturated carbocycles.